The Kier molecular flexibility index (Phi) is 6.21. The largest absolute Gasteiger partial charge is 0.383 e. The molecule has 3 N–H and O–H groups in total. The number of pyridine rings is 1. The number of nitrogen functional groups attached to an aromatic ring is 1. The number of rotatable bonds is 5. The highest BCUT2D eigenvalue weighted by Crippen LogP contribution is 2.30. The lowest BCUT2D eigenvalue weighted by Gasteiger charge is -2.29. The Balaban J connectivity index is 1.36. The van der Waals surface area contributed by atoms with Gasteiger partial charge in [-0.2, -0.15) is 0 Å². The average molecular weight is 468 g/mol. The van der Waals surface area contributed by atoms with Crippen LogP contribution in [0.2, 0.25) is 0 Å². The molecule has 1 fully saturated rings. The number of amides is 2. The second kappa shape index (κ2) is 9.42. The summed E-state index contributed by atoms with van der Waals surface area (Å²) in [6, 6.07) is 5.96. The molecule has 33 heavy (non-hydrogen) atoms. The highest BCUT2D eigenvalue weighted by atomic mass is 32.1. The van der Waals surface area contributed by atoms with Gasteiger partial charge >= 0.3 is 11.8 Å². The lowest BCUT2D eigenvalue weighted by molar-refractivity contribution is -0.144. The fraction of sp³-hybridized carbons (Fsp3) is 0.391. The van der Waals surface area contributed by atoms with Crippen molar-refractivity contribution in [2.24, 2.45) is 5.92 Å². The van der Waals surface area contributed by atoms with E-state index in [2.05, 4.69) is 15.3 Å². The number of anilines is 2. The fourth-order valence-corrected chi connectivity index (χ4v) is 4.96. The van der Waals surface area contributed by atoms with E-state index in [4.69, 9.17) is 15.2 Å². The van der Waals surface area contributed by atoms with Gasteiger partial charge in [0.15, 0.2) is 0 Å². The zero-order chi connectivity index (χ0) is 22.8. The van der Waals surface area contributed by atoms with Crippen LogP contribution in [-0.2, 0) is 38.8 Å². The van der Waals surface area contributed by atoms with Crippen LogP contribution in [0.4, 0.5) is 11.5 Å². The molecule has 0 unspecified atom stereocenters. The van der Waals surface area contributed by atoms with Crippen molar-refractivity contribution in [2.75, 3.05) is 30.8 Å². The predicted molar refractivity (Wildman–Crippen MR) is 124 cm³/mol. The minimum absolute atomic E-state index is 0.286. The summed E-state index contributed by atoms with van der Waals surface area (Å²) in [5.74, 6) is -0.610. The van der Waals surface area contributed by atoms with Crippen molar-refractivity contribution in [3.05, 3.63) is 46.6 Å². The van der Waals surface area contributed by atoms with Gasteiger partial charge in [0.25, 0.3) is 0 Å². The first-order chi connectivity index (χ1) is 16.1. The first-order valence-corrected chi connectivity index (χ1v) is 11.8. The summed E-state index contributed by atoms with van der Waals surface area (Å²) in [6.07, 6.45) is 3.21. The summed E-state index contributed by atoms with van der Waals surface area (Å²) >= 11 is 1.57. The molecule has 1 aromatic carbocycles. The number of benzene rings is 1. The standard InChI is InChI=1S/C23H25N5O4S/c24-21-17-12-32-11-16(17)19(8-25-21)27-22(29)23(30)28(9-14-3-5-31-6-4-14)10-15-1-2-20-18(7-15)26-13-33-20/h1-2,7-8,13-14H,3-6,9-12H2,(H2,24,25)(H,27,29). The van der Waals surface area contributed by atoms with E-state index in [1.165, 1.54) is 6.20 Å². The molecule has 0 saturated carbocycles. The summed E-state index contributed by atoms with van der Waals surface area (Å²) in [5.41, 5.74) is 11.5. The van der Waals surface area contributed by atoms with Gasteiger partial charge in [0.2, 0.25) is 0 Å². The maximum atomic E-state index is 13.3. The lowest BCUT2D eigenvalue weighted by Crippen LogP contribution is -2.42. The molecule has 2 amide bonds. The number of nitrogens with zero attached hydrogens (tertiary/aromatic N) is 3. The number of nitrogens with one attached hydrogen (secondary N) is 1. The van der Waals surface area contributed by atoms with Crippen LogP contribution < -0.4 is 11.1 Å². The van der Waals surface area contributed by atoms with Crippen LogP contribution in [0.15, 0.2) is 29.9 Å². The molecule has 172 valence electrons. The number of thiazole rings is 1. The van der Waals surface area contributed by atoms with E-state index in [1.54, 1.807) is 21.7 Å². The Morgan fingerprint density at radius 1 is 1.15 bits per heavy atom. The number of hydrogen-bond donors (Lipinski definition) is 2. The third-order valence-electron chi connectivity index (χ3n) is 6.14. The van der Waals surface area contributed by atoms with E-state index in [-0.39, 0.29) is 5.92 Å². The van der Waals surface area contributed by atoms with E-state index in [9.17, 15) is 9.59 Å². The third-order valence-corrected chi connectivity index (χ3v) is 6.95. The third kappa shape index (κ3) is 4.68. The van der Waals surface area contributed by atoms with Crippen LogP contribution in [-0.4, -0.2) is 46.4 Å². The Hall–Kier alpha value is -3.08. The first kappa shape index (κ1) is 21.7. The fourth-order valence-electron chi connectivity index (χ4n) is 4.30. The molecule has 0 aliphatic carbocycles. The van der Waals surface area contributed by atoms with Gasteiger partial charge in [-0.05, 0) is 36.5 Å². The molecular formula is C23H25N5O4S. The van der Waals surface area contributed by atoms with E-state index in [1.807, 2.05) is 18.2 Å². The van der Waals surface area contributed by atoms with Crippen molar-refractivity contribution in [1.82, 2.24) is 14.9 Å². The van der Waals surface area contributed by atoms with Gasteiger partial charge in [0, 0.05) is 37.4 Å². The molecular weight excluding hydrogens is 442 g/mol. The summed E-state index contributed by atoms with van der Waals surface area (Å²) in [6.45, 7) is 2.84. The molecule has 10 heteroatoms. The number of carbonyl (C=O) groups excluding carboxylic acids is 2. The first-order valence-electron chi connectivity index (χ1n) is 10.9. The number of nitrogens with two attached hydrogens (primary N) is 1. The topological polar surface area (TPSA) is 120 Å². The van der Waals surface area contributed by atoms with E-state index in [0.717, 1.165) is 39.7 Å². The van der Waals surface area contributed by atoms with Crippen molar-refractivity contribution in [2.45, 2.75) is 32.6 Å². The maximum Gasteiger partial charge on any atom is 0.313 e. The Labute approximate surface area is 194 Å². The summed E-state index contributed by atoms with van der Waals surface area (Å²) in [7, 11) is 0. The van der Waals surface area contributed by atoms with Crippen LogP contribution in [0.1, 0.15) is 29.5 Å². The molecule has 0 spiro atoms. The number of ether oxygens (including phenoxy) is 2. The highest BCUT2D eigenvalue weighted by Gasteiger charge is 2.28. The van der Waals surface area contributed by atoms with Crippen molar-refractivity contribution in [1.29, 1.82) is 0 Å². The van der Waals surface area contributed by atoms with Gasteiger partial charge in [-0.3, -0.25) is 9.59 Å². The van der Waals surface area contributed by atoms with Gasteiger partial charge in [-0.15, -0.1) is 11.3 Å². The van der Waals surface area contributed by atoms with Crippen LogP contribution in [0, 0.1) is 5.92 Å². The summed E-state index contributed by atoms with van der Waals surface area (Å²) in [4.78, 5) is 36.4. The second-order valence-corrected chi connectivity index (χ2v) is 9.24. The minimum Gasteiger partial charge on any atom is -0.383 e. The monoisotopic (exact) mass is 467 g/mol. The smallest absolute Gasteiger partial charge is 0.313 e. The molecule has 2 aromatic heterocycles. The van der Waals surface area contributed by atoms with Crippen LogP contribution in [0.5, 0.6) is 0 Å². The zero-order valence-corrected chi connectivity index (χ0v) is 18.9. The van der Waals surface area contributed by atoms with Gasteiger partial charge in [-0.25, -0.2) is 9.97 Å². The molecule has 5 rings (SSSR count). The Morgan fingerprint density at radius 3 is 2.82 bits per heavy atom. The normalized spacial score (nSPS) is 16.0. The molecule has 2 aliphatic heterocycles. The number of carbonyl (C=O) groups is 2. The SMILES string of the molecule is Nc1ncc(NC(=O)C(=O)N(Cc2ccc3scnc3c2)CC2CCOCC2)c2c1COC2. The molecule has 4 heterocycles. The number of hydrogen-bond acceptors (Lipinski definition) is 8. The predicted octanol–water partition coefficient (Wildman–Crippen LogP) is 2.70. The van der Waals surface area contributed by atoms with Crippen molar-refractivity contribution < 1.29 is 19.1 Å². The van der Waals surface area contributed by atoms with Gasteiger partial charge < -0.3 is 25.4 Å². The van der Waals surface area contributed by atoms with E-state index < -0.39 is 11.8 Å². The van der Waals surface area contributed by atoms with Crippen molar-refractivity contribution in [3.8, 4) is 0 Å². The Bertz CT molecular complexity index is 1190. The summed E-state index contributed by atoms with van der Waals surface area (Å²) in [5, 5.41) is 2.73. The van der Waals surface area contributed by atoms with Crippen LogP contribution in [0.25, 0.3) is 10.2 Å². The van der Waals surface area contributed by atoms with Crippen LogP contribution >= 0.6 is 11.3 Å². The van der Waals surface area contributed by atoms with Crippen molar-refractivity contribution in [3.63, 3.8) is 0 Å². The van der Waals surface area contributed by atoms with Crippen molar-refractivity contribution >= 4 is 44.9 Å². The molecule has 2 aliphatic rings. The molecule has 1 saturated heterocycles. The zero-order valence-electron chi connectivity index (χ0n) is 18.1. The molecule has 0 radical (unpaired) electrons. The van der Waals surface area contributed by atoms with E-state index in [0.29, 0.717) is 51.0 Å². The van der Waals surface area contributed by atoms with Gasteiger partial charge in [-0.1, -0.05) is 6.07 Å². The molecule has 0 atom stereocenters. The van der Waals surface area contributed by atoms with E-state index >= 15 is 0 Å². The van der Waals surface area contributed by atoms with Gasteiger partial charge in [0.05, 0.1) is 40.8 Å². The van der Waals surface area contributed by atoms with Gasteiger partial charge in [0.1, 0.15) is 5.82 Å². The van der Waals surface area contributed by atoms with Crippen LogP contribution in [0.3, 0.4) is 0 Å². The summed E-state index contributed by atoms with van der Waals surface area (Å²) < 4.78 is 12.0. The second-order valence-electron chi connectivity index (χ2n) is 8.36. The lowest BCUT2D eigenvalue weighted by atomic mass is 9.99. The molecule has 0 bridgehead atoms. The number of aromatic nitrogens is 2. The number of fused-ring (bicyclic) bond motifs is 2. The average Bonchev–Trinajstić information content (AvgIpc) is 3.50. The minimum atomic E-state index is -0.697. The maximum absolute atomic E-state index is 13.3. The quantitative estimate of drug-likeness (QED) is 0.554. The Morgan fingerprint density at radius 2 is 1.97 bits per heavy atom. The molecule has 9 nitrogen and oxygen atoms in total. The molecule has 3 aromatic rings. The highest BCUT2D eigenvalue weighted by molar-refractivity contribution is 7.16.